The summed E-state index contributed by atoms with van der Waals surface area (Å²) in [5.74, 6) is -0.196. The summed E-state index contributed by atoms with van der Waals surface area (Å²) in [4.78, 5) is 19.7. The summed E-state index contributed by atoms with van der Waals surface area (Å²) in [6.07, 6.45) is 0. The maximum atomic E-state index is 12.3. The first-order chi connectivity index (χ1) is 10.0. The van der Waals surface area contributed by atoms with Crippen LogP contribution in [0, 0.1) is 13.8 Å². The van der Waals surface area contributed by atoms with Crippen molar-refractivity contribution < 1.29 is 4.79 Å². The van der Waals surface area contributed by atoms with Gasteiger partial charge in [0.05, 0.1) is 11.4 Å². The highest BCUT2D eigenvalue weighted by Crippen LogP contribution is 2.20. The minimum Gasteiger partial charge on any atom is -0.399 e. The molecule has 106 valence electrons. The van der Waals surface area contributed by atoms with E-state index < -0.39 is 0 Å². The highest BCUT2D eigenvalue weighted by Gasteiger charge is 2.11. The molecule has 0 atom stereocenters. The van der Waals surface area contributed by atoms with Crippen LogP contribution in [0.5, 0.6) is 0 Å². The lowest BCUT2D eigenvalue weighted by molar-refractivity contribution is 0.102. The lowest BCUT2D eigenvalue weighted by Gasteiger charge is -2.07. The number of aromatic amines is 1. The molecule has 0 spiro atoms. The number of nitrogens with zero attached hydrogens (tertiary/aromatic N) is 1. The van der Waals surface area contributed by atoms with Crippen LogP contribution in [-0.2, 0) is 0 Å². The Bertz CT molecular complexity index is 835. The van der Waals surface area contributed by atoms with Gasteiger partial charge in [0.2, 0.25) is 0 Å². The predicted octanol–water partition coefficient (Wildman–Crippen LogP) is 3.01. The summed E-state index contributed by atoms with van der Waals surface area (Å²) in [5.41, 5.74) is 10.2. The maximum absolute atomic E-state index is 12.3. The third-order valence-corrected chi connectivity index (χ3v) is 3.36. The lowest BCUT2D eigenvalue weighted by Crippen LogP contribution is -2.13. The van der Waals surface area contributed by atoms with E-state index in [1.54, 1.807) is 12.1 Å². The number of nitrogen functional groups attached to an aromatic ring is 1. The zero-order chi connectivity index (χ0) is 15.0. The number of benzene rings is 1. The minimum absolute atomic E-state index is 0.196. The fourth-order valence-electron chi connectivity index (χ4n) is 2.28. The van der Waals surface area contributed by atoms with Crippen molar-refractivity contribution in [2.75, 3.05) is 11.1 Å². The molecule has 1 amide bonds. The van der Waals surface area contributed by atoms with Gasteiger partial charge in [-0.1, -0.05) is 0 Å². The quantitative estimate of drug-likeness (QED) is 0.631. The Morgan fingerprint density at radius 2 is 2.00 bits per heavy atom. The van der Waals surface area contributed by atoms with Crippen molar-refractivity contribution in [1.82, 2.24) is 9.97 Å². The number of fused-ring (bicyclic) bond motifs is 1. The molecule has 4 N–H and O–H groups in total. The van der Waals surface area contributed by atoms with Crippen molar-refractivity contribution >= 4 is 28.2 Å². The molecule has 21 heavy (non-hydrogen) atoms. The molecular weight excluding hydrogens is 264 g/mol. The van der Waals surface area contributed by atoms with Gasteiger partial charge in [0.25, 0.3) is 5.91 Å². The van der Waals surface area contributed by atoms with Gasteiger partial charge < -0.3 is 16.0 Å². The molecular formula is C16H16N4O. The van der Waals surface area contributed by atoms with E-state index in [-0.39, 0.29) is 5.91 Å². The van der Waals surface area contributed by atoms with Crippen molar-refractivity contribution in [3.05, 3.63) is 53.5 Å². The van der Waals surface area contributed by atoms with Gasteiger partial charge in [-0.15, -0.1) is 0 Å². The van der Waals surface area contributed by atoms with Crippen LogP contribution in [0.4, 0.5) is 11.4 Å². The standard InChI is InChI=1S/C16H16N4O/c1-9-3-5-13(10(2)18-9)20-16(21)15-8-11-7-12(17)4-6-14(11)19-15/h3-8,19H,17H2,1-2H3,(H,20,21). The number of rotatable bonds is 2. The average Bonchev–Trinajstić information content (AvgIpc) is 2.85. The number of hydrogen-bond donors (Lipinski definition) is 3. The van der Waals surface area contributed by atoms with Crippen molar-refractivity contribution in [1.29, 1.82) is 0 Å². The van der Waals surface area contributed by atoms with Crippen LogP contribution in [0.2, 0.25) is 0 Å². The first-order valence-electron chi connectivity index (χ1n) is 6.67. The number of amides is 1. The second kappa shape index (κ2) is 4.94. The summed E-state index contributed by atoms with van der Waals surface area (Å²) in [5, 5.41) is 3.78. The summed E-state index contributed by atoms with van der Waals surface area (Å²) >= 11 is 0. The molecule has 5 nitrogen and oxygen atoms in total. The monoisotopic (exact) mass is 280 g/mol. The number of carbonyl (C=O) groups is 1. The topological polar surface area (TPSA) is 83.8 Å². The Hall–Kier alpha value is -2.82. The number of aromatic nitrogens is 2. The Labute approximate surface area is 122 Å². The Balaban J connectivity index is 1.89. The van der Waals surface area contributed by atoms with Crippen molar-refractivity contribution in [2.24, 2.45) is 0 Å². The van der Waals surface area contributed by atoms with E-state index in [0.29, 0.717) is 17.1 Å². The molecule has 0 saturated heterocycles. The van der Waals surface area contributed by atoms with Gasteiger partial charge in [0.1, 0.15) is 5.69 Å². The summed E-state index contributed by atoms with van der Waals surface area (Å²) in [6.45, 7) is 3.79. The Morgan fingerprint density at radius 1 is 1.19 bits per heavy atom. The molecule has 3 rings (SSSR count). The second-order valence-corrected chi connectivity index (χ2v) is 5.07. The van der Waals surface area contributed by atoms with Crippen LogP contribution in [0.1, 0.15) is 21.9 Å². The highest BCUT2D eigenvalue weighted by molar-refractivity contribution is 6.06. The number of pyridine rings is 1. The van der Waals surface area contributed by atoms with E-state index >= 15 is 0 Å². The van der Waals surface area contributed by atoms with E-state index in [1.165, 1.54) is 0 Å². The number of aryl methyl sites for hydroxylation is 2. The molecule has 1 aromatic carbocycles. The maximum Gasteiger partial charge on any atom is 0.272 e. The molecule has 5 heteroatoms. The normalized spacial score (nSPS) is 10.8. The molecule has 0 unspecified atom stereocenters. The molecule has 0 saturated carbocycles. The number of anilines is 2. The van der Waals surface area contributed by atoms with Crippen LogP contribution >= 0.6 is 0 Å². The largest absolute Gasteiger partial charge is 0.399 e. The molecule has 0 bridgehead atoms. The van der Waals surface area contributed by atoms with Crippen LogP contribution in [-0.4, -0.2) is 15.9 Å². The highest BCUT2D eigenvalue weighted by atomic mass is 16.1. The summed E-state index contributed by atoms with van der Waals surface area (Å²) in [6, 6.07) is 11.0. The third kappa shape index (κ3) is 2.58. The van der Waals surface area contributed by atoms with Crippen molar-refractivity contribution in [3.8, 4) is 0 Å². The van der Waals surface area contributed by atoms with Crippen LogP contribution in [0.25, 0.3) is 10.9 Å². The molecule has 2 aromatic heterocycles. The number of nitrogens with two attached hydrogens (primary N) is 1. The molecule has 3 aromatic rings. The average molecular weight is 280 g/mol. The van der Waals surface area contributed by atoms with E-state index in [4.69, 9.17) is 5.73 Å². The Kier molecular flexibility index (Phi) is 3.10. The molecule has 0 fully saturated rings. The fraction of sp³-hybridized carbons (Fsp3) is 0.125. The first-order valence-corrected chi connectivity index (χ1v) is 6.67. The van der Waals surface area contributed by atoms with Crippen molar-refractivity contribution in [2.45, 2.75) is 13.8 Å². The molecule has 0 aliphatic heterocycles. The fourth-order valence-corrected chi connectivity index (χ4v) is 2.28. The molecule has 0 aliphatic carbocycles. The zero-order valence-electron chi connectivity index (χ0n) is 11.9. The van der Waals surface area contributed by atoms with Gasteiger partial charge in [-0.3, -0.25) is 9.78 Å². The number of hydrogen-bond acceptors (Lipinski definition) is 3. The van der Waals surface area contributed by atoms with Gasteiger partial charge in [-0.05, 0) is 50.2 Å². The minimum atomic E-state index is -0.196. The van der Waals surface area contributed by atoms with Crippen LogP contribution in [0.15, 0.2) is 36.4 Å². The SMILES string of the molecule is Cc1ccc(NC(=O)c2cc3cc(N)ccc3[nH]2)c(C)n1. The molecule has 0 aliphatic rings. The Morgan fingerprint density at radius 3 is 2.76 bits per heavy atom. The third-order valence-electron chi connectivity index (χ3n) is 3.36. The summed E-state index contributed by atoms with van der Waals surface area (Å²) < 4.78 is 0. The summed E-state index contributed by atoms with van der Waals surface area (Å²) in [7, 11) is 0. The van der Waals surface area contributed by atoms with E-state index in [0.717, 1.165) is 22.3 Å². The second-order valence-electron chi connectivity index (χ2n) is 5.07. The van der Waals surface area contributed by atoms with Gasteiger partial charge in [-0.25, -0.2) is 0 Å². The number of carbonyl (C=O) groups excluding carboxylic acids is 1. The zero-order valence-corrected chi connectivity index (χ0v) is 11.9. The number of H-pyrrole nitrogens is 1. The van der Waals surface area contributed by atoms with E-state index in [2.05, 4.69) is 15.3 Å². The lowest BCUT2D eigenvalue weighted by atomic mass is 10.2. The van der Waals surface area contributed by atoms with Gasteiger partial charge in [-0.2, -0.15) is 0 Å². The van der Waals surface area contributed by atoms with E-state index in [1.807, 2.05) is 38.1 Å². The predicted molar refractivity (Wildman–Crippen MR) is 84.4 cm³/mol. The number of nitrogens with one attached hydrogen (secondary N) is 2. The molecule has 0 radical (unpaired) electrons. The van der Waals surface area contributed by atoms with Crippen LogP contribution < -0.4 is 11.1 Å². The van der Waals surface area contributed by atoms with Gasteiger partial charge in [0.15, 0.2) is 0 Å². The van der Waals surface area contributed by atoms with Crippen molar-refractivity contribution in [3.63, 3.8) is 0 Å². The smallest absolute Gasteiger partial charge is 0.272 e. The first kappa shape index (κ1) is 13.2. The van der Waals surface area contributed by atoms with Gasteiger partial charge in [0, 0.05) is 22.3 Å². The van der Waals surface area contributed by atoms with E-state index in [9.17, 15) is 4.79 Å². The van der Waals surface area contributed by atoms with Crippen LogP contribution in [0.3, 0.4) is 0 Å². The molecule has 2 heterocycles. The van der Waals surface area contributed by atoms with Gasteiger partial charge >= 0.3 is 0 Å².